The highest BCUT2D eigenvalue weighted by molar-refractivity contribution is 7.56. The molecule has 27 heavy (non-hydrogen) atoms. The first-order valence-electron chi connectivity index (χ1n) is 8.96. The first-order valence-corrected chi connectivity index (χ1v) is 10.6. The molecule has 1 atom stereocenters. The van der Waals surface area contributed by atoms with Crippen LogP contribution in [0.2, 0.25) is 0 Å². The summed E-state index contributed by atoms with van der Waals surface area (Å²) in [6.07, 6.45) is 0. The van der Waals surface area contributed by atoms with Crippen molar-refractivity contribution in [2.24, 2.45) is 0 Å². The molecule has 0 N–H and O–H groups in total. The van der Waals surface area contributed by atoms with Crippen LogP contribution in [0.4, 0.5) is 0 Å². The van der Waals surface area contributed by atoms with Crippen molar-refractivity contribution in [3.63, 3.8) is 0 Å². The Labute approximate surface area is 161 Å². The molecule has 0 saturated heterocycles. The van der Waals surface area contributed by atoms with Crippen molar-refractivity contribution in [3.8, 4) is 11.5 Å². The van der Waals surface area contributed by atoms with E-state index in [1.54, 1.807) is 19.1 Å². The molecule has 146 valence electrons. The lowest BCUT2D eigenvalue weighted by atomic mass is 10.1. The van der Waals surface area contributed by atoms with Gasteiger partial charge in [0.25, 0.3) is 0 Å². The summed E-state index contributed by atoms with van der Waals surface area (Å²) in [5.41, 5.74) is 2.68. The first kappa shape index (κ1) is 21.0. The molecule has 0 aromatic heterocycles. The van der Waals surface area contributed by atoms with Crippen LogP contribution in [-0.2, 0) is 14.1 Å². The number of carbonyl (C=O) groups is 1. The molecule has 0 amide bonds. The lowest BCUT2D eigenvalue weighted by molar-refractivity contribution is -0.142. The molecule has 2 rings (SSSR count). The summed E-state index contributed by atoms with van der Waals surface area (Å²) in [5.74, 6) is 0.227. The smallest absolute Gasteiger partial charge is 0.444 e. The predicted octanol–water partition coefficient (Wildman–Crippen LogP) is 5.52. The fraction of sp³-hybridized carbons (Fsp3) is 0.381. The van der Waals surface area contributed by atoms with Gasteiger partial charge in [0.05, 0.1) is 6.61 Å². The Morgan fingerprint density at radius 1 is 0.926 bits per heavy atom. The van der Waals surface area contributed by atoms with Crippen molar-refractivity contribution >= 4 is 13.6 Å². The van der Waals surface area contributed by atoms with Crippen molar-refractivity contribution in [1.82, 2.24) is 0 Å². The third kappa shape index (κ3) is 5.14. The maximum absolute atomic E-state index is 13.7. The number of ether oxygens (including phenoxy) is 1. The minimum atomic E-state index is -3.90. The van der Waals surface area contributed by atoms with E-state index >= 15 is 0 Å². The van der Waals surface area contributed by atoms with Crippen LogP contribution in [0, 0.1) is 27.7 Å². The van der Waals surface area contributed by atoms with Crippen molar-refractivity contribution in [2.45, 2.75) is 47.2 Å². The molecule has 0 radical (unpaired) electrons. The van der Waals surface area contributed by atoms with E-state index in [9.17, 15) is 9.36 Å². The largest absolute Gasteiger partial charge is 0.465 e. The summed E-state index contributed by atoms with van der Waals surface area (Å²) in [6, 6.07) is 11.0. The second kappa shape index (κ2) is 8.62. The van der Waals surface area contributed by atoms with Crippen LogP contribution in [0.3, 0.4) is 0 Å². The molecule has 0 heterocycles. The van der Waals surface area contributed by atoms with Gasteiger partial charge in [-0.15, -0.1) is 0 Å². The van der Waals surface area contributed by atoms with Gasteiger partial charge in [0.2, 0.25) is 0 Å². The molecule has 0 aliphatic carbocycles. The second-order valence-electron chi connectivity index (χ2n) is 6.69. The van der Waals surface area contributed by atoms with Gasteiger partial charge in [0, 0.05) is 0 Å². The number of aryl methyl sites for hydroxylation is 4. The molecule has 0 saturated carbocycles. The number of rotatable bonds is 7. The summed E-state index contributed by atoms with van der Waals surface area (Å²) >= 11 is 0. The molecule has 0 aliphatic heterocycles. The van der Waals surface area contributed by atoms with Gasteiger partial charge >= 0.3 is 13.6 Å². The van der Waals surface area contributed by atoms with Crippen molar-refractivity contribution in [1.29, 1.82) is 0 Å². The van der Waals surface area contributed by atoms with Gasteiger partial charge in [-0.1, -0.05) is 35.4 Å². The SMILES string of the molecule is CCOC(=O)C(C)P(=O)(Oc1ccc(C)cc1C)Oc1ccc(C)cc1C. The average molecular weight is 390 g/mol. The Morgan fingerprint density at radius 2 is 1.37 bits per heavy atom. The van der Waals surface area contributed by atoms with Gasteiger partial charge in [-0.3, -0.25) is 4.79 Å². The van der Waals surface area contributed by atoms with Gasteiger partial charge in [-0.2, -0.15) is 0 Å². The van der Waals surface area contributed by atoms with Gasteiger partial charge in [0.1, 0.15) is 11.5 Å². The minimum absolute atomic E-state index is 0.191. The lowest BCUT2D eigenvalue weighted by Crippen LogP contribution is -2.25. The molecule has 1 unspecified atom stereocenters. The Kier molecular flexibility index (Phi) is 6.72. The minimum Gasteiger partial charge on any atom is -0.465 e. The van der Waals surface area contributed by atoms with E-state index in [4.69, 9.17) is 13.8 Å². The number of benzene rings is 2. The molecular formula is C21H27O5P. The zero-order valence-electron chi connectivity index (χ0n) is 16.7. The van der Waals surface area contributed by atoms with Crippen molar-refractivity contribution in [3.05, 3.63) is 58.7 Å². The highest BCUT2D eigenvalue weighted by Crippen LogP contribution is 2.54. The summed E-state index contributed by atoms with van der Waals surface area (Å²) in [5, 5.41) is 0. The van der Waals surface area contributed by atoms with Crippen LogP contribution in [0.15, 0.2) is 36.4 Å². The van der Waals surface area contributed by atoms with Crippen LogP contribution < -0.4 is 9.05 Å². The fourth-order valence-corrected chi connectivity index (χ4v) is 4.29. The van der Waals surface area contributed by atoms with Gasteiger partial charge in [-0.05, 0) is 64.8 Å². The van der Waals surface area contributed by atoms with Crippen molar-refractivity contribution < 1.29 is 23.1 Å². The zero-order valence-corrected chi connectivity index (χ0v) is 17.6. The summed E-state index contributed by atoms with van der Waals surface area (Å²) in [4.78, 5) is 12.3. The molecule has 0 spiro atoms. The van der Waals surface area contributed by atoms with E-state index in [0.29, 0.717) is 11.5 Å². The van der Waals surface area contributed by atoms with Crippen LogP contribution in [0.5, 0.6) is 11.5 Å². The van der Waals surface area contributed by atoms with Gasteiger partial charge in [-0.25, -0.2) is 4.57 Å². The normalized spacial score (nSPS) is 12.4. The second-order valence-corrected chi connectivity index (χ2v) is 8.91. The van der Waals surface area contributed by atoms with E-state index in [1.807, 2.05) is 52.0 Å². The standard InChI is InChI=1S/C21H27O5P/c1-7-24-21(22)18(6)27(23,25-19-10-8-14(2)12-16(19)4)26-20-11-9-15(3)13-17(20)5/h8-13,18H,7H2,1-6H3. The van der Waals surface area contributed by atoms with Gasteiger partial charge in [0.15, 0.2) is 5.66 Å². The Bertz CT molecular complexity index is 817. The number of esters is 1. The first-order chi connectivity index (χ1) is 12.7. The highest BCUT2D eigenvalue weighted by atomic mass is 31.2. The number of carbonyl (C=O) groups excluding carboxylic acids is 1. The predicted molar refractivity (Wildman–Crippen MR) is 107 cm³/mol. The molecule has 6 heteroatoms. The molecule has 5 nitrogen and oxygen atoms in total. The van der Waals surface area contributed by atoms with E-state index in [1.165, 1.54) is 6.92 Å². The molecule has 2 aromatic rings. The maximum Gasteiger partial charge on any atom is 0.444 e. The zero-order chi connectivity index (χ0) is 20.2. The van der Waals surface area contributed by atoms with Gasteiger partial charge < -0.3 is 13.8 Å². The Balaban J connectivity index is 2.43. The summed E-state index contributed by atoms with van der Waals surface area (Å²) < 4.78 is 30.4. The molecule has 0 bridgehead atoms. The van der Waals surface area contributed by atoms with Crippen LogP contribution in [0.1, 0.15) is 36.1 Å². The Morgan fingerprint density at radius 3 is 1.74 bits per heavy atom. The topological polar surface area (TPSA) is 61.8 Å². The lowest BCUT2D eigenvalue weighted by Gasteiger charge is -2.25. The average Bonchev–Trinajstić information content (AvgIpc) is 2.59. The van der Waals surface area contributed by atoms with Crippen molar-refractivity contribution in [2.75, 3.05) is 6.61 Å². The summed E-state index contributed by atoms with van der Waals surface area (Å²) in [7, 11) is -3.90. The number of hydrogen-bond donors (Lipinski definition) is 0. The van der Waals surface area contributed by atoms with E-state index in [2.05, 4.69) is 0 Å². The third-order valence-electron chi connectivity index (χ3n) is 4.21. The monoisotopic (exact) mass is 390 g/mol. The van der Waals surface area contributed by atoms with Crippen LogP contribution in [0.25, 0.3) is 0 Å². The molecular weight excluding hydrogens is 363 g/mol. The van der Waals surface area contributed by atoms with E-state index in [-0.39, 0.29) is 6.61 Å². The molecule has 0 fully saturated rings. The maximum atomic E-state index is 13.7. The van der Waals surface area contributed by atoms with Crippen LogP contribution >= 0.6 is 7.60 Å². The fourth-order valence-electron chi connectivity index (χ4n) is 2.65. The van der Waals surface area contributed by atoms with E-state index < -0.39 is 19.2 Å². The highest BCUT2D eigenvalue weighted by Gasteiger charge is 2.42. The molecule has 0 aliphatic rings. The Hall–Kier alpha value is -2.26. The van der Waals surface area contributed by atoms with E-state index in [0.717, 1.165) is 22.3 Å². The third-order valence-corrected chi connectivity index (χ3v) is 6.28. The number of hydrogen-bond acceptors (Lipinski definition) is 5. The quantitative estimate of drug-likeness (QED) is 0.460. The van der Waals surface area contributed by atoms with Crippen LogP contribution in [-0.4, -0.2) is 18.2 Å². The summed E-state index contributed by atoms with van der Waals surface area (Å²) in [6.45, 7) is 11.0. The molecule has 2 aromatic carbocycles.